The van der Waals surface area contributed by atoms with Crippen molar-refractivity contribution >= 4 is 16.8 Å². The van der Waals surface area contributed by atoms with Gasteiger partial charge >= 0.3 is 0 Å². The Morgan fingerprint density at radius 3 is 2.89 bits per heavy atom. The molecule has 1 aromatic heterocycles. The fourth-order valence-corrected chi connectivity index (χ4v) is 1.66. The van der Waals surface area contributed by atoms with E-state index in [1.807, 2.05) is 44.3 Å². The number of carbonyl (C=O) groups is 1. The average molecular weight is 246 g/mol. The highest BCUT2D eigenvalue weighted by atomic mass is 16.5. The van der Waals surface area contributed by atoms with Crippen LogP contribution in [0.5, 0.6) is 5.75 Å². The summed E-state index contributed by atoms with van der Waals surface area (Å²) in [5.41, 5.74) is 1.06. The van der Waals surface area contributed by atoms with Crippen molar-refractivity contribution in [2.24, 2.45) is 0 Å². The molecule has 0 aliphatic rings. The molecule has 2 rings (SSSR count). The lowest BCUT2D eigenvalue weighted by molar-refractivity contribution is -0.133. The molecule has 2 aromatic rings. The minimum Gasteiger partial charge on any atom is -0.484 e. The zero-order valence-electron chi connectivity index (χ0n) is 10.9. The van der Waals surface area contributed by atoms with Crippen molar-refractivity contribution in [1.82, 2.24) is 9.88 Å². The van der Waals surface area contributed by atoms with Crippen LogP contribution in [-0.2, 0) is 4.79 Å². The van der Waals surface area contributed by atoms with E-state index in [1.54, 1.807) is 11.9 Å². The number of hydrogen-bond donors (Lipinski definition) is 1. The van der Waals surface area contributed by atoms with Crippen molar-refractivity contribution in [2.45, 2.75) is 19.9 Å². The number of aromatic amines is 1. The van der Waals surface area contributed by atoms with Crippen LogP contribution < -0.4 is 4.74 Å². The van der Waals surface area contributed by atoms with Gasteiger partial charge in [-0.05, 0) is 38.1 Å². The molecule has 0 saturated heterocycles. The van der Waals surface area contributed by atoms with Crippen LogP contribution in [0.25, 0.3) is 10.9 Å². The monoisotopic (exact) mass is 246 g/mol. The van der Waals surface area contributed by atoms with Crippen molar-refractivity contribution in [3.63, 3.8) is 0 Å². The maximum absolute atomic E-state index is 11.8. The normalized spacial score (nSPS) is 10.9. The summed E-state index contributed by atoms with van der Waals surface area (Å²) in [5, 5.41) is 1.08. The number of carbonyl (C=O) groups excluding carboxylic acids is 1. The van der Waals surface area contributed by atoms with Gasteiger partial charge in [0, 0.05) is 30.2 Å². The Morgan fingerprint density at radius 1 is 1.39 bits per heavy atom. The van der Waals surface area contributed by atoms with E-state index >= 15 is 0 Å². The average Bonchev–Trinajstić information content (AvgIpc) is 2.82. The maximum atomic E-state index is 11.8. The summed E-state index contributed by atoms with van der Waals surface area (Å²) in [6.45, 7) is 4.03. The Bertz CT molecular complexity index is 545. The number of H-pyrrole nitrogens is 1. The minimum absolute atomic E-state index is 0.0147. The van der Waals surface area contributed by atoms with Crippen LogP contribution in [-0.4, -0.2) is 35.5 Å². The van der Waals surface area contributed by atoms with Crippen LogP contribution in [0.1, 0.15) is 13.8 Å². The van der Waals surface area contributed by atoms with Crippen molar-refractivity contribution in [3.8, 4) is 5.75 Å². The number of aromatic nitrogens is 1. The molecule has 4 nitrogen and oxygen atoms in total. The van der Waals surface area contributed by atoms with Gasteiger partial charge in [0.25, 0.3) is 5.91 Å². The second kappa shape index (κ2) is 5.12. The lowest BCUT2D eigenvalue weighted by Gasteiger charge is -2.21. The van der Waals surface area contributed by atoms with E-state index in [2.05, 4.69) is 4.98 Å². The molecule has 1 amide bonds. The van der Waals surface area contributed by atoms with Crippen molar-refractivity contribution in [3.05, 3.63) is 30.5 Å². The number of nitrogens with zero attached hydrogens (tertiary/aromatic N) is 1. The molecule has 18 heavy (non-hydrogen) atoms. The molecule has 0 aliphatic heterocycles. The van der Waals surface area contributed by atoms with Gasteiger partial charge in [0.15, 0.2) is 6.61 Å². The van der Waals surface area contributed by atoms with Crippen LogP contribution in [0, 0.1) is 0 Å². The highest BCUT2D eigenvalue weighted by Gasteiger charge is 2.12. The molecule has 0 unspecified atom stereocenters. The predicted octanol–water partition coefficient (Wildman–Crippen LogP) is 2.41. The molecule has 1 heterocycles. The van der Waals surface area contributed by atoms with Gasteiger partial charge in [-0.3, -0.25) is 4.79 Å². The van der Waals surface area contributed by atoms with Gasteiger partial charge < -0.3 is 14.6 Å². The number of hydrogen-bond acceptors (Lipinski definition) is 2. The first-order chi connectivity index (χ1) is 8.58. The van der Waals surface area contributed by atoms with E-state index in [0.29, 0.717) is 5.75 Å². The van der Waals surface area contributed by atoms with E-state index in [0.717, 1.165) is 10.9 Å². The fourth-order valence-electron chi connectivity index (χ4n) is 1.66. The molecule has 1 aromatic carbocycles. The number of likely N-dealkylation sites (N-methyl/N-ethyl adjacent to an activating group) is 1. The number of nitrogens with one attached hydrogen (secondary N) is 1. The molecule has 0 aliphatic carbocycles. The van der Waals surface area contributed by atoms with Crippen molar-refractivity contribution in [1.29, 1.82) is 0 Å². The quantitative estimate of drug-likeness (QED) is 0.900. The Hall–Kier alpha value is -1.97. The third kappa shape index (κ3) is 2.64. The minimum atomic E-state index is -0.0147. The molecule has 96 valence electrons. The van der Waals surface area contributed by atoms with Gasteiger partial charge in [0.05, 0.1) is 0 Å². The number of benzene rings is 1. The van der Waals surface area contributed by atoms with Gasteiger partial charge in [-0.2, -0.15) is 0 Å². The SMILES string of the molecule is CC(C)N(C)C(=O)COc1ccc2[nH]ccc2c1. The first-order valence-electron chi connectivity index (χ1n) is 6.03. The first-order valence-corrected chi connectivity index (χ1v) is 6.03. The third-order valence-corrected chi connectivity index (χ3v) is 3.06. The number of amides is 1. The van der Waals surface area contributed by atoms with E-state index in [-0.39, 0.29) is 18.6 Å². The predicted molar refractivity (Wildman–Crippen MR) is 71.7 cm³/mol. The zero-order valence-corrected chi connectivity index (χ0v) is 10.9. The Labute approximate surface area is 107 Å². The van der Waals surface area contributed by atoms with Crippen LogP contribution in [0.15, 0.2) is 30.5 Å². The van der Waals surface area contributed by atoms with Gasteiger partial charge in [-0.25, -0.2) is 0 Å². The lowest BCUT2D eigenvalue weighted by Crippen LogP contribution is -2.36. The standard InChI is InChI=1S/C14H18N2O2/c1-10(2)16(3)14(17)9-18-12-4-5-13-11(8-12)6-7-15-13/h4-8,10,15H,9H2,1-3H3. The highest BCUT2D eigenvalue weighted by molar-refractivity contribution is 5.81. The third-order valence-electron chi connectivity index (χ3n) is 3.06. The Morgan fingerprint density at radius 2 is 2.17 bits per heavy atom. The summed E-state index contributed by atoms with van der Waals surface area (Å²) in [4.78, 5) is 16.6. The maximum Gasteiger partial charge on any atom is 0.260 e. The molecule has 0 atom stereocenters. The molecule has 4 heteroatoms. The van der Waals surface area contributed by atoms with Crippen LogP contribution in [0.3, 0.4) is 0 Å². The van der Waals surface area contributed by atoms with Gasteiger partial charge in [-0.15, -0.1) is 0 Å². The van der Waals surface area contributed by atoms with Crippen LogP contribution >= 0.6 is 0 Å². The first kappa shape index (κ1) is 12.5. The molecular weight excluding hydrogens is 228 g/mol. The summed E-state index contributed by atoms with van der Waals surface area (Å²) in [5.74, 6) is 0.701. The van der Waals surface area contributed by atoms with Crippen LogP contribution in [0.2, 0.25) is 0 Å². The number of ether oxygens (including phenoxy) is 1. The van der Waals surface area contributed by atoms with E-state index in [1.165, 1.54) is 0 Å². The topological polar surface area (TPSA) is 45.3 Å². The molecule has 0 saturated carbocycles. The Kier molecular flexibility index (Phi) is 3.55. The largest absolute Gasteiger partial charge is 0.484 e. The smallest absolute Gasteiger partial charge is 0.260 e. The zero-order chi connectivity index (χ0) is 13.1. The van der Waals surface area contributed by atoms with E-state index < -0.39 is 0 Å². The van der Waals surface area contributed by atoms with Crippen molar-refractivity contribution in [2.75, 3.05) is 13.7 Å². The van der Waals surface area contributed by atoms with E-state index in [9.17, 15) is 4.79 Å². The van der Waals surface area contributed by atoms with Gasteiger partial charge in [0.1, 0.15) is 5.75 Å². The summed E-state index contributed by atoms with van der Waals surface area (Å²) in [6.07, 6.45) is 1.88. The number of rotatable bonds is 4. The summed E-state index contributed by atoms with van der Waals surface area (Å²) < 4.78 is 5.51. The highest BCUT2D eigenvalue weighted by Crippen LogP contribution is 2.19. The van der Waals surface area contributed by atoms with Crippen molar-refractivity contribution < 1.29 is 9.53 Å². The lowest BCUT2D eigenvalue weighted by atomic mass is 10.2. The second-order valence-corrected chi connectivity index (χ2v) is 4.61. The molecular formula is C14H18N2O2. The summed E-state index contributed by atoms with van der Waals surface area (Å²) >= 11 is 0. The fraction of sp³-hybridized carbons (Fsp3) is 0.357. The Balaban J connectivity index is 1.99. The summed E-state index contributed by atoms with van der Waals surface area (Å²) in [6, 6.07) is 7.90. The molecule has 0 radical (unpaired) electrons. The molecule has 0 fully saturated rings. The van der Waals surface area contributed by atoms with Crippen LogP contribution in [0.4, 0.5) is 0 Å². The second-order valence-electron chi connectivity index (χ2n) is 4.61. The summed E-state index contributed by atoms with van der Waals surface area (Å²) in [7, 11) is 1.78. The molecule has 0 spiro atoms. The number of fused-ring (bicyclic) bond motifs is 1. The molecule has 1 N–H and O–H groups in total. The molecule has 0 bridgehead atoms. The van der Waals surface area contributed by atoms with Gasteiger partial charge in [-0.1, -0.05) is 0 Å². The van der Waals surface area contributed by atoms with E-state index in [4.69, 9.17) is 4.74 Å². The van der Waals surface area contributed by atoms with Gasteiger partial charge in [0.2, 0.25) is 0 Å².